The molecule has 0 saturated carbocycles. The van der Waals surface area contributed by atoms with Crippen molar-refractivity contribution < 1.29 is 28.6 Å². The highest BCUT2D eigenvalue weighted by Gasteiger charge is 2.48. The minimum absolute atomic E-state index is 0.163. The molecule has 1 saturated heterocycles. The third-order valence-electron chi connectivity index (χ3n) is 5.47. The maximum Gasteiger partial charge on any atom is 0.300 e. The molecule has 1 unspecified atom stereocenters. The number of amides is 1. The predicted octanol–water partition coefficient (Wildman–Crippen LogP) is 5.51. The summed E-state index contributed by atoms with van der Waals surface area (Å²) in [5.41, 5.74) is 0.700. The summed E-state index contributed by atoms with van der Waals surface area (Å²) in [5, 5.41) is 11.6. The van der Waals surface area contributed by atoms with Crippen molar-refractivity contribution in [3.63, 3.8) is 0 Å². The van der Waals surface area contributed by atoms with Crippen LogP contribution in [0.4, 0.5) is 10.1 Å². The Balaban J connectivity index is 1.97. The van der Waals surface area contributed by atoms with Crippen LogP contribution < -0.4 is 14.4 Å². The number of Topliss-reactive ketones (excluding diaryl/α,β-unsaturated/α-hetero) is 1. The Labute approximate surface area is 200 Å². The van der Waals surface area contributed by atoms with Crippen molar-refractivity contribution in [1.29, 1.82) is 0 Å². The van der Waals surface area contributed by atoms with Gasteiger partial charge in [-0.1, -0.05) is 35.9 Å². The van der Waals surface area contributed by atoms with Crippen molar-refractivity contribution in [2.24, 2.45) is 0 Å². The van der Waals surface area contributed by atoms with E-state index in [9.17, 15) is 19.1 Å². The number of carbonyl (C=O) groups is 2. The number of para-hydroxylation sites is 1. The average molecular weight is 482 g/mol. The van der Waals surface area contributed by atoms with Crippen LogP contribution in [-0.2, 0) is 9.59 Å². The Morgan fingerprint density at radius 2 is 1.82 bits per heavy atom. The molecular formula is C26H21ClFNO5. The fourth-order valence-corrected chi connectivity index (χ4v) is 4.16. The van der Waals surface area contributed by atoms with Crippen LogP contribution >= 0.6 is 11.6 Å². The van der Waals surface area contributed by atoms with Crippen LogP contribution in [-0.4, -0.2) is 30.5 Å². The molecule has 4 rings (SSSR count). The Bertz CT molecular complexity index is 1310. The van der Waals surface area contributed by atoms with Crippen molar-refractivity contribution in [1.82, 2.24) is 0 Å². The van der Waals surface area contributed by atoms with E-state index >= 15 is 0 Å². The summed E-state index contributed by atoms with van der Waals surface area (Å²) in [6, 6.07) is 15.7. The van der Waals surface area contributed by atoms with Crippen molar-refractivity contribution in [3.05, 3.63) is 94.3 Å². The number of hydrogen-bond donors (Lipinski definition) is 1. The Hall–Kier alpha value is -3.84. The van der Waals surface area contributed by atoms with E-state index in [0.29, 0.717) is 28.7 Å². The first-order chi connectivity index (χ1) is 16.4. The van der Waals surface area contributed by atoms with E-state index in [1.165, 1.54) is 43.5 Å². The molecular weight excluding hydrogens is 461 g/mol. The van der Waals surface area contributed by atoms with Gasteiger partial charge in [0.2, 0.25) is 0 Å². The van der Waals surface area contributed by atoms with E-state index in [-0.39, 0.29) is 16.8 Å². The van der Waals surface area contributed by atoms with Crippen molar-refractivity contribution in [3.8, 4) is 11.5 Å². The van der Waals surface area contributed by atoms with E-state index in [2.05, 4.69) is 0 Å². The SMILES string of the molecule is CCOc1cc(/C(O)=C2\C(=O)C(=O)N(c3cccc(F)c3)C2c2ccccc2OC)ccc1Cl. The van der Waals surface area contributed by atoms with Gasteiger partial charge in [0.05, 0.1) is 30.4 Å². The van der Waals surface area contributed by atoms with Crippen molar-refractivity contribution >= 4 is 34.7 Å². The molecule has 0 spiro atoms. The van der Waals surface area contributed by atoms with Gasteiger partial charge in [0.1, 0.15) is 23.1 Å². The molecule has 6 nitrogen and oxygen atoms in total. The number of carbonyl (C=O) groups excluding carboxylic acids is 2. The molecule has 174 valence electrons. The topological polar surface area (TPSA) is 76.1 Å². The number of ether oxygens (including phenoxy) is 2. The average Bonchev–Trinajstić information content (AvgIpc) is 3.10. The minimum Gasteiger partial charge on any atom is -0.507 e. The van der Waals surface area contributed by atoms with Crippen LogP contribution in [0.15, 0.2) is 72.3 Å². The lowest BCUT2D eigenvalue weighted by atomic mass is 9.94. The molecule has 0 aromatic heterocycles. The zero-order valence-electron chi connectivity index (χ0n) is 18.4. The zero-order chi connectivity index (χ0) is 24.4. The minimum atomic E-state index is -1.07. The molecule has 1 aliphatic heterocycles. The number of rotatable bonds is 6. The van der Waals surface area contributed by atoms with Gasteiger partial charge in [-0.2, -0.15) is 0 Å². The summed E-state index contributed by atoms with van der Waals surface area (Å²) in [6.07, 6.45) is 0. The van der Waals surface area contributed by atoms with Crippen LogP contribution in [0.25, 0.3) is 5.76 Å². The fraction of sp³-hybridized carbons (Fsp3) is 0.154. The molecule has 3 aromatic carbocycles. The number of aliphatic hydroxyl groups is 1. The van der Waals surface area contributed by atoms with E-state index in [0.717, 1.165) is 11.0 Å². The third-order valence-corrected chi connectivity index (χ3v) is 5.78. The van der Waals surface area contributed by atoms with Gasteiger partial charge in [0.25, 0.3) is 11.7 Å². The molecule has 1 N–H and O–H groups in total. The van der Waals surface area contributed by atoms with Gasteiger partial charge in [0.15, 0.2) is 0 Å². The lowest BCUT2D eigenvalue weighted by Gasteiger charge is -2.26. The van der Waals surface area contributed by atoms with Crippen LogP contribution in [0.2, 0.25) is 5.02 Å². The first-order valence-electron chi connectivity index (χ1n) is 10.5. The monoisotopic (exact) mass is 481 g/mol. The van der Waals surface area contributed by atoms with Gasteiger partial charge >= 0.3 is 0 Å². The highest BCUT2D eigenvalue weighted by atomic mass is 35.5. The molecule has 0 radical (unpaired) electrons. The predicted molar refractivity (Wildman–Crippen MR) is 127 cm³/mol. The number of halogens is 2. The van der Waals surface area contributed by atoms with Crippen LogP contribution in [0.5, 0.6) is 11.5 Å². The number of methoxy groups -OCH3 is 1. The van der Waals surface area contributed by atoms with Gasteiger partial charge in [-0.3, -0.25) is 14.5 Å². The van der Waals surface area contributed by atoms with E-state index in [1.54, 1.807) is 31.2 Å². The zero-order valence-corrected chi connectivity index (χ0v) is 19.2. The number of aliphatic hydroxyl groups excluding tert-OH is 1. The number of ketones is 1. The molecule has 1 atom stereocenters. The Kier molecular flexibility index (Phi) is 6.56. The summed E-state index contributed by atoms with van der Waals surface area (Å²) in [5.74, 6) is -2.08. The number of hydrogen-bond acceptors (Lipinski definition) is 5. The van der Waals surface area contributed by atoms with E-state index in [4.69, 9.17) is 21.1 Å². The molecule has 0 aliphatic carbocycles. The molecule has 1 heterocycles. The largest absolute Gasteiger partial charge is 0.507 e. The summed E-state index contributed by atoms with van der Waals surface area (Å²) in [4.78, 5) is 27.6. The summed E-state index contributed by atoms with van der Waals surface area (Å²) >= 11 is 6.17. The van der Waals surface area contributed by atoms with Gasteiger partial charge in [-0.15, -0.1) is 0 Å². The normalized spacial score (nSPS) is 17.2. The first kappa shape index (κ1) is 23.3. The molecule has 3 aromatic rings. The van der Waals surface area contributed by atoms with Crippen LogP contribution in [0, 0.1) is 5.82 Å². The summed E-state index contributed by atoms with van der Waals surface area (Å²) in [7, 11) is 1.46. The fourth-order valence-electron chi connectivity index (χ4n) is 3.98. The van der Waals surface area contributed by atoms with Crippen molar-refractivity contribution in [2.75, 3.05) is 18.6 Å². The Morgan fingerprint density at radius 1 is 1.06 bits per heavy atom. The second-order valence-electron chi connectivity index (χ2n) is 7.47. The first-order valence-corrected chi connectivity index (χ1v) is 10.9. The van der Waals surface area contributed by atoms with Gasteiger partial charge in [0, 0.05) is 16.8 Å². The molecule has 1 amide bonds. The highest BCUT2D eigenvalue weighted by molar-refractivity contribution is 6.51. The van der Waals surface area contributed by atoms with Gasteiger partial charge in [-0.25, -0.2) is 4.39 Å². The van der Waals surface area contributed by atoms with Gasteiger partial charge < -0.3 is 14.6 Å². The smallest absolute Gasteiger partial charge is 0.300 e. The summed E-state index contributed by atoms with van der Waals surface area (Å²) in [6.45, 7) is 2.13. The maximum atomic E-state index is 14.1. The Morgan fingerprint density at radius 3 is 2.53 bits per heavy atom. The second kappa shape index (κ2) is 9.57. The number of anilines is 1. The van der Waals surface area contributed by atoms with Crippen LogP contribution in [0.1, 0.15) is 24.1 Å². The molecule has 34 heavy (non-hydrogen) atoms. The van der Waals surface area contributed by atoms with Crippen molar-refractivity contribution in [2.45, 2.75) is 13.0 Å². The lowest BCUT2D eigenvalue weighted by Crippen LogP contribution is -2.29. The van der Waals surface area contributed by atoms with E-state index < -0.39 is 29.3 Å². The maximum absolute atomic E-state index is 14.1. The third kappa shape index (κ3) is 4.10. The standard InChI is InChI=1S/C26H21ClFNO5/c1-3-34-21-13-15(11-12-19(21)27)24(30)22-23(18-9-4-5-10-20(18)33-2)29(26(32)25(22)31)17-8-6-7-16(28)14-17/h4-14,23,30H,3H2,1-2H3/b24-22+. The van der Waals surface area contributed by atoms with Crippen LogP contribution in [0.3, 0.4) is 0 Å². The van der Waals surface area contributed by atoms with Gasteiger partial charge in [-0.05, 0) is 49.4 Å². The quantitative estimate of drug-likeness (QED) is 0.285. The summed E-state index contributed by atoms with van der Waals surface area (Å²) < 4.78 is 25.0. The lowest BCUT2D eigenvalue weighted by molar-refractivity contribution is -0.132. The molecule has 0 bridgehead atoms. The van der Waals surface area contributed by atoms with E-state index in [1.807, 2.05) is 0 Å². The molecule has 8 heteroatoms. The molecule has 1 aliphatic rings. The number of benzene rings is 3. The highest BCUT2D eigenvalue weighted by Crippen LogP contribution is 2.45. The second-order valence-corrected chi connectivity index (χ2v) is 7.88. The number of nitrogens with zero attached hydrogens (tertiary/aromatic N) is 1. The molecule has 1 fully saturated rings.